The van der Waals surface area contributed by atoms with Crippen molar-refractivity contribution in [1.82, 2.24) is 0 Å². The van der Waals surface area contributed by atoms with Crippen LogP contribution in [0.2, 0.25) is 0 Å². The maximum absolute atomic E-state index is 12.4. The molecule has 0 saturated carbocycles. The van der Waals surface area contributed by atoms with Crippen LogP contribution in [0.1, 0.15) is 31.1 Å². The molecule has 0 fully saturated rings. The molecule has 2 aromatic rings. The van der Waals surface area contributed by atoms with Gasteiger partial charge in [0.1, 0.15) is 5.75 Å². The van der Waals surface area contributed by atoms with Crippen LogP contribution in [0.25, 0.3) is 0 Å². The summed E-state index contributed by atoms with van der Waals surface area (Å²) in [4.78, 5) is 24.6. The highest BCUT2D eigenvalue weighted by Crippen LogP contribution is 2.19. The first-order valence-electron chi connectivity index (χ1n) is 8.85. The highest BCUT2D eigenvalue weighted by Gasteiger charge is 2.25. The van der Waals surface area contributed by atoms with Gasteiger partial charge in [0.15, 0.2) is 15.9 Å². The predicted molar refractivity (Wildman–Crippen MR) is 105 cm³/mol. The van der Waals surface area contributed by atoms with Gasteiger partial charge in [-0.3, -0.25) is 4.79 Å². The van der Waals surface area contributed by atoms with E-state index in [2.05, 4.69) is 5.32 Å². The lowest BCUT2D eigenvalue weighted by atomic mass is 10.2. The van der Waals surface area contributed by atoms with E-state index in [1.165, 1.54) is 38.1 Å². The van der Waals surface area contributed by atoms with Gasteiger partial charge in [-0.25, -0.2) is 13.2 Å². The smallest absolute Gasteiger partial charge is 0.340 e. The monoisotopic (exact) mass is 405 g/mol. The summed E-state index contributed by atoms with van der Waals surface area (Å²) in [5.41, 5.74) is 0.426. The fraction of sp³-hybridized carbons (Fsp3) is 0.300. The molecule has 0 spiro atoms. The second-order valence-corrected chi connectivity index (χ2v) is 8.14. The van der Waals surface area contributed by atoms with Crippen LogP contribution < -0.4 is 10.1 Å². The molecular weight excluding hydrogens is 382 g/mol. The van der Waals surface area contributed by atoms with Gasteiger partial charge in [-0.05, 0) is 50.2 Å². The Bertz CT molecular complexity index is 937. The van der Waals surface area contributed by atoms with Crippen molar-refractivity contribution in [2.75, 3.05) is 17.7 Å². The number of anilines is 1. The third-order valence-corrected chi connectivity index (χ3v) is 5.69. The minimum absolute atomic E-state index is 0.0925. The van der Waals surface area contributed by atoms with Crippen molar-refractivity contribution in [1.29, 1.82) is 0 Å². The maximum Gasteiger partial charge on any atom is 0.340 e. The quantitative estimate of drug-likeness (QED) is 0.678. The molecule has 0 heterocycles. The minimum atomic E-state index is -3.60. The Morgan fingerprint density at radius 1 is 1.04 bits per heavy atom. The van der Waals surface area contributed by atoms with Crippen molar-refractivity contribution in [3.05, 3.63) is 54.1 Å². The van der Waals surface area contributed by atoms with Gasteiger partial charge in [0, 0.05) is 5.69 Å². The molecule has 28 heavy (non-hydrogen) atoms. The van der Waals surface area contributed by atoms with Gasteiger partial charge in [-0.15, -0.1) is 0 Å². The van der Waals surface area contributed by atoms with Crippen molar-refractivity contribution in [3.8, 4) is 5.75 Å². The fourth-order valence-corrected chi connectivity index (χ4v) is 3.47. The van der Waals surface area contributed by atoms with Crippen LogP contribution in [0, 0.1) is 0 Å². The van der Waals surface area contributed by atoms with Crippen molar-refractivity contribution < 1.29 is 27.5 Å². The number of sulfone groups is 1. The van der Waals surface area contributed by atoms with Crippen LogP contribution in [0.4, 0.5) is 5.69 Å². The number of nitrogens with one attached hydrogen (secondary N) is 1. The van der Waals surface area contributed by atoms with Gasteiger partial charge in [0.2, 0.25) is 0 Å². The van der Waals surface area contributed by atoms with Crippen LogP contribution >= 0.6 is 0 Å². The third kappa shape index (κ3) is 5.32. The van der Waals surface area contributed by atoms with Crippen molar-refractivity contribution in [2.24, 2.45) is 0 Å². The third-order valence-electron chi connectivity index (χ3n) is 3.91. The van der Waals surface area contributed by atoms with Crippen molar-refractivity contribution in [2.45, 2.75) is 31.8 Å². The Morgan fingerprint density at radius 3 is 2.29 bits per heavy atom. The average molecular weight is 405 g/mol. The number of ether oxygens (including phenoxy) is 2. The van der Waals surface area contributed by atoms with E-state index < -0.39 is 27.8 Å². The summed E-state index contributed by atoms with van der Waals surface area (Å²) in [5, 5.41) is 2.63. The van der Waals surface area contributed by atoms with Crippen LogP contribution in [0.15, 0.2) is 53.4 Å². The second-order valence-electron chi connectivity index (χ2n) is 5.89. The molecule has 1 N–H and O–H groups in total. The van der Waals surface area contributed by atoms with Gasteiger partial charge >= 0.3 is 5.97 Å². The maximum atomic E-state index is 12.4. The molecule has 0 aromatic heterocycles. The summed E-state index contributed by atoms with van der Waals surface area (Å²) >= 11 is 0. The molecule has 2 rings (SSSR count). The first kappa shape index (κ1) is 21.4. The van der Waals surface area contributed by atoms with Crippen LogP contribution in [-0.4, -0.2) is 38.8 Å². The summed E-state index contributed by atoms with van der Waals surface area (Å²) in [6.07, 6.45) is -1.11. The Balaban J connectivity index is 2.07. The predicted octanol–water partition coefficient (Wildman–Crippen LogP) is 3.06. The van der Waals surface area contributed by atoms with Gasteiger partial charge < -0.3 is 14.8 Å². The number of benzene rings is 2. The second kappa shape index (κ2) is 9.36. The van der Waals surface area contributed by atoms with Gasteiger partial charge in [0.05, 0.1) is 22.8 Å². The van der Waals surface area contributed by atoms with Crippen molar-refractivity contribution in [3.63, 3.8) is 0 Å². The number of esters is 1. The molecule has 0 aliphatic carbocycles. The van der Waals surface area contributed by atoms with E-state index in [1.54, 1.807) is 24.3 Å². The molecule has 0 bridgehead atoms. The lowest BCUT2D eigenvalue weighted by molar-refractivity contribution is -0.123. The first-order chi connectivity index (χ1) is 13.3. The van der Waals surface area contributed by atoms with E-state index >= 15 is 0 Å². The van der Waals surface area contributed by atoms with Crippen LogP contribution in [-0.2, 0) is 19.4 Å². The minimum Gasteiger partial charge on any atom is -0.494 e. The standard InChI is InChI=1S/C20H23NO6S/c1-4-26-16-12-10-15(11-13-16)21-19(22)14(3)27-20(23)17-8-6-7-9-18(17)28(24,25)5-2/h6-14H,4-5H2,1-3H3,(H,21,22)/t14-/m0/s1. The number of hydrogen-bond donors (Lipinski definition) is 1. The van der Waals surface area contributed by atoms with E-state index in [4.69, 9.17) is 9.47 Å². The van der Waals surface area contributed by atoms with E-state index in [1.807, 2.05) is 6.92 Å². The van der Waals surface area contributed by atoms with Gasteiger partial charge in [-0.2, -0.15) is 0 Å². The van der Waals surface area contributed by atoms with E-state index in [0.717, 1.165) is 0 Å². The summed E-state index contributed by atoms with van der Waals surface area (Å²) < 4.78 is 34.8. The zero-order valence-electron chi connectivity index (χ0n) is 16.0. The molecule has 0 aliphatic heterocycles. The molecule has 0 unspecified atom stereocenters. The number of carbonyl (C=O) groups is 2. The summed E-state index contributed by atoms with van der Waals surface area (Å²) in [6, 6.07) is 12.5. The molecule has 0 aliphatic rings. The summed E-state index contributed by atoms with van der Waals surface area (Å²) in [7, 11) is -3.60. The topological polar surface area (TPSA) is 98.8 Å². The number of hydrogen-bond acceptors (Lipinski definition) is 6. The molecule has 8 heteroatoms. The van der Waals surface area contributed by atoms with E-state index in [0.29, 0.717) is 18.0 Å². The summed E-state index contributed by atoms with van der Waals surface area (Å²) in [6.45, 7) is 5.31. The summed E-state index contributed by atoms with van der Waals surface area (Å²) in [5.74, 6) is -0.880. The number of rotatable bonds is 8. The zero-order valence-corrected chi connectivity index (χ0v) is 16.8. The molecular formula is C20H23NO6S. The molecule has 0 saturated heterocycles. The zero-order chi connectivity index (χ0) is 20.7. The molecule has 7 nitrogen and oxygen atoms in total. The highest BCUT2D eigenvalue weighted by molar-refractivity contribution is 7.91. The molecule has 0 radical (unpaired) electrons. The van der Waals surface area contributed by atoms with E-state index in [9.17, 15) is 18.0 Å². The molecule has 1 atom stereocenters. The lowest BCUT2D eigenvalue weighted by Crippen LogP contribution is -2.30. The largest absolute Gasteiger partial charge is 0.494 e. The number of carbonyl (C=O) groups excluding carboxylic acids is 2. The molecule has 1 amide bonds. The van der Waals surface area contributed by atoms with E-state index in [-0.39, 0.29) is 16.2 Å². The van der Waals surface area contributed by atoms with Gasteiger partial charge in [-0.1, -0.05) is 19.1 Å². The normalized spacial score (nSPS) is 12.1. The van der Waals surface area contributed by atoms with Crippen molar-refractivity contribution >= 4 is 27.4 Å². The molecule has 2 aromatic carbocycles. The fourth-order valence-electron chi connectivity index (χ4n) is 2.38. The highest BCUT2D eigenvalue weighted by atomic mass is 32.2. The lowest BCUT2D eigenvalue weighted by Gasteiger charge is -2.15. The van der Waals surface area contributed by atoms with Crippen LogP contribution in [0.5, 0.6) is 5.75 Å². The van der Waals surface area contributed by atoms with Gasteiger partial charge in [0.25, 0.3) is 5.91 Å². The first-order valence-corrected chi connectivity index (χ1v) is 10.5. The number of amides is 1. The average Bonchev–Trinajstić information content (AvgIpc) is 2.69. The molecule has 150 valence electrons. The Labute approximate surface area is 164 Å². The SMILES string of the molecule is CCOc1ccc(NC(=O)[C@H](C)OC(=O)c2ccccc2S(=O)(=O)CC)cc1. The Hall–Kier alpha value is -2.87. The Kier molecular flexibility index (Phi) is 7.17. The van der Waals surface area contributed by atoms with Crippen LogP contribution in [0.3, 0.4) is 0 Å². The Morgan fingerprint density at radius 2 is 1.68 bits per heavy atom.